The highest BCUT2D eigenvalue weighted by atomic mass is 19.4. The van der Waals surface area contributed by atoms with E-state index in [4.69, 9.17) is 19.6 Å². The highest BCUT2D eigenvalue weighted by Crippen LogP contribution is 2.37. The number of methoxy groups -OCH3 is 2. The van der Waals surface area contributed by atoms with Gasteiger partial charge in [0.15, 0.2) is 11.5 Å². The Balaban J connectivity index is 1.44. The van der Waals surface area contributed by atoms with Crippen LogP contribution in [0.1, 0.15) is 51.8 Å². The van der Waals surface area contributed by atoms with Gasteiger partial charge in [-0.15, -0.1) is 0 Å². The van der Waals surface area contributed by atoms with Crippen molar-refractivity contribution >= 4 is 16.8 Å². The molecule has 0 bridgehead atoms. The molecule has 204 valence electrons. The van der Waals surface area contributed by atoms with Gasteiger partial charge in [-0.05, 0) is 66.8 Å². The van der Waals surface area contributed by atoms with Crippen LogP contribution in [0.15, 0.2) is 46.9 Å². The molecule has 0 aliphatic heterocycles. The van der Waals surface area contributed by atoms with Gasteiger partial charge in [-0.1, -0.05) is 6.07 Å². The van der Waals surface area contributed by atoms with Crippen molar-refractivity contribution < 1.29 is 31.9 Å². The minimum absolute atomic E-state index is 0.00489. The molecular weight excluding hydrogens is 513 g/mol. The van der Waals surface area contributed by atoms with Crippen LogP contribution in [0.4, 0.5) is 13.2 Å². The Morgan fingerprint density at radius 3 is 2.67 bits per heavy atom. The lowest BCUT2D eigenvalue weighted by atomic mass is 9.82. The predicted molar refractivity (Wildman–Crippen MR) is 138 cm³/mol. The number of ether oxygens (including phenoxy) is 2. The molecule has 8 nitrogen and oxygen atoms in total. The first kappa shape index (κ1) is 26.5. The fourth-order valence-corrected chi connectivity index (χ4v) is 5.00. The van der Waals surface area contributed by atoms with E-state index in [0.29, 0.717) is 17.5 Å². The van der Waals surface area contributed by atoms with Crippen LogP contribution in [0.5, 0.6) is 11.5 Å². The number of carbonyl (C=O) groups is 1. The van der Waals surface area contributed by atoms with Crippen molar-refractivity contribution in [3.8, 4) is 23.0 Å². The van der Waals surface area contributed by atoms with E-state index in [1.165, 1.54) is 24.8 Å². The van der Waals surface area contributed by atoms with Crippen LogP contribution in [0.2, 0.25) is 0 Å². The number of oxazole rings is 1. The Labute approximate surface area is 222 Å². The Kier molecular flexibility index (Phi) is 7.17. The minimum Gasteiger partial charge on any atom is -0.497 e. The standard InChI is InChI=1S/C28H27F3N4O4/c1-37-17-7-6-15-4-3-5-16(20(15)12-17)14-33-26(36)25-22(13-32)39-27(35-25)19-8-10-21(38-2)24-18(19)9-11-23(34-24)28(29,30)31/h6-12,16H,3-5,13-14,32H2,1-2H3,(H,33,36). The van der Waals surface area contributed by atoms with Gasteiger partial charge in [-0.25, -0.2) is 9.97 Å². The third-order valence-corrected chi connectivity index (χ3v) is 6.96. The second kappa shape index (κ2) is 10.6. The van der Waals surface area contributed by atoms with Crippen molar-refractivity contribution in [2.24, 2.45) is 5.73 Å². The van der Waals surface area contributed by atoms with Gasteiger partial charge in [0, 0.05) is 23.4 Å². The molecule has 2 aromatic heterocycles. The number of aryl methyl sites for hydroxylation is 1. The van der Waals surface area contributed by atoms with Gasteiger partial charge >= 0.3 is 6.18 Å². The number of halogens is 3. The zero-order chi connectivity index (χ0) is 27.7. The lowest BCUT2D eigenvalue weighted by molar-refractivity contribution is -0.140. The number of nitrogens with zero attached hydrogens (tertiary/aromatic N) is 2. The third-order valence-electron chi connectivity index (χ3n) is 6.96. The van der Waals surface area contributed by atoms with Gasteiger partial charge in [-0.2, -0.15) is 13.2 Å². The third kappa shape index (κ3) is 5.14. The van der Waals surface area contributed by atoms with Crippen molar-refractivity contribution in [3.63, 3.8) is 0 Å². The van der Waals surface area contributed by atoms with Gasteiger partial charge in [0.05, 0.1) is 20.8 Å². The SMILES string of the molecule is COc1ccc2c(c1)C(CNC(=O)c1nc(-c3ccc(OC)c4nc(C(F)(F)F)ccc34)oc1CN)CCC2. The molecule has 1 aliphatic carbocycles. The number of aromatic nitrogens is 2. The van der Waals surface area contributed by atoms with Gasteiger partial charge in [-0.3, -0.25) is 4.79 Å². The molecule has 2 aromatic carbocycles. The zero-order valence-corrected chi connectivity index (χ0v) is 21.4. The molecule has 39 heavy (non-hydrogen) atoms. The average molecular weight is 541 g/mol. The highest BCUT2D eigenvalue weighted by molar-refractivity contribution is 5.98. The Hall–Kier alpha value is -4.12. The Morgan fingerprint density at radius 2 is 1.95 bits per heavy atom. The highest BCUT2D eigenvalue weighted by Gasteiger charge is 2.33. The maximum atomic E-state index is 13.3. The summed E-state index contributed by atoms with van der Waals surface area (Å²) in [5.74, 6) is 0.797. The fraction of sp³-hybridized carbons (Fsp3) is 0.321. The lowest BCUT2D eigenvalue weighted by Gasteiger charge is -2.26. The molecule has 0 fully saturated rings. The van der Waals surface area contributed by atoms with E-state index in [1.54, 1.807) is 13.2 Å². The van der Waals surface area contributed by atoms with Crippen LogP contribution in [0.25, 0.3) is 22.4 Å². The molecule has 1 amide bonds. The second-order valence-electron chi connectivity index (χ2n) is 9.26. The van der Waals surface area contributed by atoms with E-state index in [-0.39, 0.29) is 41.1 Å². The monoisotopic (exact) mass is 540 g/mol. The number of fused-ring (bicyclic) bond motifs is 2. The number of alkyl halides is 3. The van der Waals surface area contributed by atoms with Crippen molar-refractivity contribution in [1.29, 1.82) is 0 Å². The first-order chi connectivity index (χ1) is 18.7. The summed E-state index contributed by atoms with van der Waals surface area (Å²) < 4.78 is 56.3. The summed E-state index contributed by atoms with van der Waals surface area (Å²) in [6, 6.07) is 11.2. The zero-order valence-electron chi connectivity index (χ0n) is 21.4. The number of carbonyl (C=O) groups excluding carboxylic acids is 1. The number of nitrogens with one attached hydrogen (secondary N) is 1. The van der Waals surface area contributed by atoms with Crippen LogP contribution < -0.4 is 20.5 Å². The molecule has 1 atom stereocenters. The average Bonchev–Trinajstić information content (AvgIpc) is 3.38. The molecule has 4 aromatic rings. The number of amides is 1. The number of hydrogen-bond acceptors (Lipinski definition) is 7. The van der Waals surface area contributed by atoms with E-state index < -0.39 is 17.8 Å². The van der Waals surface area contributed by atoms with Crippen molar-refractivity contribution in [1.82, 2.24) is 15.3 Å². The summed E-state index contributed by atoms with van der Waals surface area (Å²) in [4.78, 5) is 21.4. The minimum atomic E-state index is -4.62. The number of benzene rings is 2. The Morgan fingerprint density at radius 1 is 1.13 bits per heavy atom. The predicted octanol–water partition coefficient (Wildman–Crippen LogP) is 5.23. The first-order valence-electron chi connectivity index (χ1n) is 12.4. The summed E-state index contributed by atoms with van der Waals surface area (Å²) >= 11 is 0. The fourth-order valence-electron chi connectivity index (χ4n) is 5.00. The largest absolute Gasteiger partial charge is 0.497 e. The van der Waals surface area contributed by atoms with Crippen molar-refractivity contribution in [3.05, 3.63) is 70.7 Å². The maximum absolute atomic E-state index is 13.3. The van der Waals surface area contributed by atoms with Crippen molar-refractivity contribution in [2.75, 3.05) is 20.8 Å². The number of hydrogen-bond donors (Lipinski definition) is 2. The van der Waals surface area contributed by atoms with Gasteiger partial charge in [0.25, 0.3) is 5.91 Å². The molecule has 0 radical (unpaired) electrons. The van der Waals surface area contributed by atoms with Crippen LogP contribution in [0.3, 0.4) is 0 Å². The second-order valence-corrected chi connectivity index (χ2v) is 9.26. The van der Waals surface area contributed by atoms with Crippen molar-refractivity contribution in [2.45, 2.75) is 37.9 Å². The summed E-state index contributed by atoms with van der Waals surface area (Å²) in [6.45, 7) is 0.296. The van der Waals surface area contributed by atoms with E-state index in [2.05, 4.69) is 21.4 Å². The van der Waals surface area contributed by atoms with Gasteiger partial charge in [0.1, 0.15) is 22.7 Å². The first-order valence-corrected chi connectivity index (χ1v) is 12.4. The van der Waals surface area contributed by atoms with E-state index in [9.17, 15) is 18.0 Å². The summed E-state index contributed by atoms with van der Waals surface area (Å²) in [6.07, 6.45) is -1.72. The van der Waals surface area contributed by atoms with Gasteiger partial charge in [0.2, 0.25) is 5.89 Å². The molecule has 11 heteroatoms. The summed E-state index contributed by atoms with van der Waals surface area (Å²) in [5, 5.41) is 3.28. The Bertz CT molecular complexity index is 1530. The molecule has 0 saturated heterocycles. The van der Waals surface area contributed by atoms with E-state index in [0.717, 1.165) is 36.6 Å². The molecule has 1 aliphatic rings. The number of nitrogens with two attached hydrogens (primary N) is 1. The van der Waals surface area contributed by atoms with Crippen LogP contribution in [-0.2, 0) is 19.1 Å². The van der Waals surface area contributed by atoms with Crippen LogP contribution in [-0.4, -0.2) is 36.6 Å². The van der Waals surface area contributed by atoms with Crippen LogP contribution >= 0.6 is 0 Å². The molecule has 3 N–H and O–H groups in total. The van der Waals surface area contributed by atoms with Crippen LogP contribution in [0, 0.1) is 0 Å². The normalized spacial score (nSPS) is 15.2. The molecule has 0 saturated carbocycles. The molecule has 1 unspecified atom stereocenters. The molecule has 5 rings (SSSR count). The maximum Gasteiger partial charge on any atom is 0.433 e. The molecular formula is C28H27F3N4O4. The molecule has 0 spiro atoms. The lowest BCUT2D eigenvalue weighted by Crippen LogP contribution is -2.31. The quantitative estimate of drug-likeness (QED) is 0.330. The smallest absolute Gasteiger partial charge is 0.433 e. The molecule has 2 heterocycles. The number of rotatable bonds is 7. The summed E-state index contributed by atoms with van der Waals surface area (Å²) in [5.41, 5.74) is 7.57. The number of pyridine rings is 1. The van der Waals surface area contributed by atoms with Gasteiger partial charge < -0.3 is 24.9 Å². The van der Waals surface area contributed by atoms with E-state index in [1.807, 2.05) is 12.1 Å². The topological polar surface area (TPSA) is 112 Å². The summed E-state index contributed by atoms with van der Waals surface area (Å²) in [7, 11) is 2.96. The van der Waals surface area contributed by atoms with E-state index >= 15 is 0 Å².